The van der Waals surface area contributed by atoms with Gasteiger partial charge in [-0.05, 0) is 33.8 Å². The van der Waals surface area contributed by atoms with Crippen LogP contribution in [0.1, 0.15) is 27.7 Å². The van der Waals surface area contributed by atoms with Crippen molar-refractivity contribution in [3.05, 3.63) is 23.0 Å². The van der Waals surface area contributed by atoms with Crippen molar-refractivity contribution < 1.29 is 18.4 Å². The molecule has 1 saturated heterocycles. The maximum absolute atomic E-state index is 13.3. The topological polar surface area (TPSA) is 27.7 Å². The molecule has 1 aliphatic heterocycles. The number of benzene rings is 1. The zero-order valence-corrected chi connectivity index (χ0v) is 12.5. The quantitative estimate of drug-likeness (QED) is 0.783. The minimum atomic E-state index is -0.673. The van der Waals surface area contributed by atoms with Gasteiger partial charge >= 0.3 is 7.12 Å². The fourth-order valence-electron chi connectivity index (χ4n) is 1.92. The van der Waals surface area contributed by atoms with E-state index in [4.69, 9.17) is 25.6 Å². The van der Waals surface area contributed by atoms with Crippen molar-refractivity contribution >= 4 is 24.2 Å². The van der Waals surface area contributed by atoms with Gasteiger partial charge in [-0.2, -0.15) is 0 Å². The third-order valence-corrected chi connectivity index (χ3v) is 4.08. The zero-order chi connectivity index (χ0) is 14.4. The average molecular weight is 287 g/mol. The molecule has 1 aromatic carbocycles. The molecular weight excluding hydrogens is 269 g/mol. The van der Waals surface area contributed by atoms with Crippen LogP contribution in [0.4, 0.5) is 4.39 Å². The summed E-state index contributed by atoms with van der Waals surface area (Å²) in [5.41, 5.74) is -0.454. The van der Waals surface area contributed by atoms with Crippen LogP contribution in [0.2, 0.25) is 5.02 Å². The molecule has 104 valence electrons. The van der Waals surface area contributed by atoms with Crippen LogP contribution >= 0.6 is 11.6 Å². The lowest BCUT2D eigenvalue weighted by atomic mass is 9.78. The number of methoxy groups -OCH3 is 1. The molecule has 0 atom stereocenters. The summed E-state index contributed by atoms with van der Waals surface area (Å²) in [7, 11) is 0.785. The van der Waals surface area contributed by atoms with Crippen LogP contribution in [0.5, 0.6) is 5.75 Å². The highest BCUT2D eigenvalue weighted by atomic mass is 35.5. The molecule has 3 nitrogen and oxygen atoms in total. The number of hydrogen-bond donors (Lipinski definition) is 0. The summed E-state index contributed by atoms with van der Waals surface area (Å²) in [5.74, 6) is -0.134. The van der Waals surface area contributed by atoms with Crippen LogP contribution in [-0.2, 0) is 9.31 Å². The van der Waals surface area contributed by atoms with E-state index >= 15 is 0 Å². The SMILES string of the molecule is COc1cc(F)cc(Cl)c1B1OC(C)(C)C(C)(C)O1. The first-order valence-corrected chi connectivity index (χ1v) is 6.44. The fraction of sp³-hybridized carbons (Fsp3) is 0.538. The van der Waals surface area contributed by atoms with Gasteiger partial charge in [0.05, 0.1) is 18.3 Å². The lowest BCUT2D eigenvalue weighted by Gasteiger charge is -2.32. The minimum Gasteiger partial charge on any atom is -0.497 e. The first kappa shape index (κ1) is 14.6. The largest absolute Gasteiger partial charge is 0.500 e. The predicted octanol–water partition coefficient (Wildman–Crippen LogP) is 2.79. The highest BCUT2D eigenvalue weighted by Gasteiger charge is 2.53. The molecule has 1 fully saturated rings. The van der Waals surface area contributed by atoms with Gasteiger partial charge in [0, 0.05) is 16.6 Å². The van der Waals surface area contributed by atoms with E-state index in [1.807, 2.05) is 27.7 Å². The van der Waals surface area contributed by atoms with Gasteiger partial charge in [0.2, 0.25) is 0 Å². The predicted molar refractivity (Wildman–Crippen MR) is 73.7 cm³/mol. The highest BCUT2D eigenvalue weighted by molar-refractivity contribution is 6.66. The normalized spacial score (nSPS) is 20.7. The van der Waals surface area contributed by atoms with Crippen molar-refractivity contribution in [1.29, 1.82) is 0 Å². The van der Waals surface area contributed by atoms with Crippen LogP contribution in [0, 0.1) is 5.82 Å². The third-order valence-electron chi connectivity index (χ3n) is 3.77. The summed E-state index contributed by atoms with van der Waals surface area (Å²) >= 11 is 6.10. The molecule has 0 aromatic heterocycles. The van der Waals surface area contributed by atoms with Gasteiger partial charge in [0.1, 0.15) is 11.6 Å². The van der Waals surface area contributed by atoms with Gasteiger partial charge < -0.3 is 14.0 Å². The monoisotopic (exact) mass is 286 g/mol. The van der Waals surface area contributed by atoms with E-state index in [9.17, 15) is 4.39 Å². The van der Waals surface area contributed by atoms with Gasteiger partial charge in [0.25, 0.3) is 0 Å². The Kier molecular flexibility index (Phi) is 3.58. The second kappa shape index (κ2) is 4.65. The highest BCUT2D eigenvalue weighted by Crippen LogP contribution is 2.38. The summed E-state index contributed by atoms with van der Waals surface area (Å²) in [4.78, 5) is 0. The summed E-state index contributed by atoms with van der Waals surface area (Å²) < 4.78 is 30.3. The lowest BCUT2D eigenvalue weighted by molar-refractivity contribution is 0.00578. The number of hydrogen-bond acceptors (Lipinski definition) is 3. The van der Waals surface area contributed by atoms with Crippen LogP contribution in [0.3, 0.4) is 0 Å². The smallest absolute Gasteiger partial charge is 0.497 e. The second-order valence-electron chi connectivity index (χ2n) is 5.59. The standard InChI is InChI=1S/C13H17BClFO3/c1-12(2)13(3,4)19-14(18-12)11-9(15)6-8(16)7-10(11)17-5/h6-7H,1-5H3. The maximum Gasteiger partial charge on any atom is 0.500 e. The summed E-state index contributed by atoms with van der Waals surface area (Å²) in [6.45, 7) is 7.77. The van der Waals surface area contributed by atoms with Crippen molar-refractivity contribution in [3.8, 4) is 5.75 Å². The van der Waals surface area contributed by atoms with Gasteiger partial charge in [-0.1, -0.05) is 11.6 Å². The number of rotatable bonds is 2. The van der Waals surface area contributed by atoms with Crippen molar-refractivity contribution in [3.63, 3.8) is 0 Å². The van der Waals surface area contributed by atoms with E-state index in [1.165, 1.54) is 19.2 Å². The molecule has 19 heavy (non-hydrogen) atoms. The molecule has 6 heteroatoms. The molecule has 0 spiro atoms. The molecule has 2 rings (SSSR count). The Morgan fingerprint density at radius 3 is 2.16 bits per heavy atom. The van der Waals surface area contributed by atoms with E-state index in [1.54, 1.807) is 0 Å². The molecule has 0 amide bonds. The summed E-state index contributed by atoms with van der Waals surface area (Å²) in [5, 5.41) is 0.232. The fourth-order valence-corrected chi connectivity index (χ4v) is 2.21. The van der Waals surface area contributed by atoms with Crippen molar-refractivity contribution in [1.82, 2.24) is 0 Å². The number of ether oxygens (including phenoxy) is 1. The van der Waals surface area contributed by atoms with Gasteiger partial charge in [-0.3, -0.25) is 0 Å². The van der Waals surface area contributed by atoms with Crippen LogP contribution in [0.15, 0.2) is 12.1 Å². The van der Waals surface area contributed by atoms with Crippen LogP contribution in [-0.4, -0.2) is 25.4 Å². The first-order chi connectivity index (χ1) is 8.68. The van der Waals surface area contributed by atoms with Crippen LogP contribution in [0.25, 0.3) is 0 Å². The molecule has 0 aliphatic carbocycles. The van der Waals surface area contributed by atoms with E-state index in [-0.39, 0.29) is 5.02 Å². The number of halogens is 2. The molecular formula is C13H17BClFO3. The Morgan fingerprint density at radius 1 is 1.16 bits per heavy atom. The lowest BCUT2D eigenvalue weighted by Crippen LogP contribution is -2.41. The Labute approximate surface area is 118 Å². The summed E-state index contributed by atoms with van der Waals surface area (Å²) in [6.07, 6.45) is 0. The van der Waals surface area contributed by atoms with Crippen molar-refractivity contribution in [2.45, 2.75) is 38.9 Å². The minimum absolute atomic E-state index is 0.232. The van der Waals surface area contributed by atoms with E-state index in [2.05, 4.69) is 0 Å². The van der Waals surface area contributed by atoms with Crippen molar-refractivity contribution in [2.24, 2.45) is 0 Å². The molecule has 0 bridgehead atoms. The average Bonchev–Trinajstić information content (AvgIpc) is 2.46. The Bertz CT molecular complexity index is 489. The molecule has 1 aromatic rings. The van der Waals surface area contributed by atoms with Crippen LogP contribution < -0.4 is 10.2 Å². The van der Waals surface area contributed by atoms with Gasteiger partial charge in [-0.15, -0.1) is 0 Å². The first-order valence-electron chi connectivity index (χ1n) is 6.06. The Hall–Kier alpha value is -0.775. The second-order valence-corrected chi connectivity index (χ2v) is 6.00. The zero-order valence-electron chi connectivity index (χ0n) is 11.7. The Morgan fingerprint density at radius 2 is 1.68 bits per heavy atom. The molecule has 0 N–H and O–H groups in total. The Balaban J connectivity index is 2.45. The van der Waals surface area contributed by atoms with Gasteiger partial charge in [-0.25, -0.2) is 4.39 Å². The van der Waals surface area contributed by atoms with E-state index < -0.39 is 24.1 Å². The molecule has 0 saturated carbocycles. The van der Waals surface area contributed by atoms with E-state index in [0.717, 1.165) is 0 Å². The molecule has 0 unspecified atom stereocenters. The third kappa shape index (κ3) is 2.47. The maximum atomic E-state index is 13.3. The van der Waals surface area contributed by atoms with E-state index in [0.29, 0.717) is 11.2 Å². The molecule has 1 aliphatic rings. The molecule has 0 radical (unpaired) electrons. The van der Waals surface area contributed by atoms with Gasteiger partial charge in [0.15, 0.2) is 0 Å². The molecule has 1 heterocycles. The van der Waals surface area contributed by atoms with Crippen molar-refractivity contribution in [2.75, 3.05) is 7.11 Å². The summed E-state index contributed by atoms with van der Waals surface area (Å²) in [6, 6.07) is 2.50.